The lowest BCUT2D eigenvalue weighted by atomic mass is 9.90. The van der Waals surface area contributed by atoms with Gasteiger partial charge in [0, 0.05) is 29.9 Å². The van der Waals surface area contributed by atoms with Gasteiger partial charge in [-0.05, 0) is 58.8 Å². The highest BCUT2D eigenvalue weighted by molar-refractivity contribution is 7.98. The highest BCUT2D eigenvalue weighted by atomic mass is 35.5. The molecule has 32 heavy (non-hydrogen) atoms. The van der Waals surface area contributed by atoms with Gasteiger partial charge in [0.1, 0.15) is 21.7 Å². The smallest absolute Gasteiger partial charge is 0.188 e. The number of hydrogen-bond acceptors (Lipinski definition) is 5. The summed E-state index contributed by atoms with van der Waals surface area (Å²) in [6, 6.07) is 17.1. The molecule has 7 heteroatoms. The van der Waals surface area contributed by atoms with Gasteiger partial charge in [0.05, 0.1) is 6.07 Å². The van der Waals surface area contributed by atoms with Crippen LogP contribution < -0.4 is 4.74 Å². The molecular formula is C25H20ClFN2O2S. The number of thioether (sulfide) groups is 1. The molecule has 0 amide bonds. The van der Waals surface area contributed by atoms with Crippen LogP contribution in [0.1, 0.15) is 12.0 Å². The van der Waals surface area contributed by atoms with Crippen molar-refractivity contribution in [1.82, 2.24) is 4.98 Å². The van der Waals surface area contributed by atoms with Gasteiger partial charge in [-0.1, -0.05) is 35.9 Å². The van der Waals surface area contributed by atoms with Crippen LogP contribution in [0.15, 0.2) is 53.6 Å². The third kappa shape index (κ3) is 4.24. The fourth-order valence-electron chi connectivity index (χ4n) is 3.88. The van der Waals surface area contributed by atoms with Crippen LogP contribution in [0.2, 0.25) is 5.15 Å². The summed E-state index contributed by atoms with van der Waals surface area (Å²) in [5.74, 6) is 0.188. The Hall–Kier alpha value is -2.85. The number of aromatic nitrogens is 1. The molecular weight excluding hydrogens is 447 g/mol. The van der Waals surface area contributed by atoms with Gasteiger partial charge in [-0.3, -0.25) is 0 Å². The minimum absolute atomic E-state index is 0.0810. The molecule has 0 atom stereocenters. The Morgan fingerprint density at radius 2 is 1.94 bits per heavy atom. The maximum Gasteiger partial charge on any atom is 0.188 e. The largest absolute Gasteiger partial charge is 0.468 e. The number of nitriles is 1. The van der Waals surface area contributed by atoms with E-state index in [1.54, 1.807) is 13.2 Å². The van der Waals surface area contributed by atoms with Crippen molar-refractivity contribution in [2.45, 2.75) is 17.9 Å². The Morgan fingerprint density at radius 1 is 1.12 bits per heavy atom. The Morgan fingerprint density at radius 3 is 2.69 bits per heavy atom. The van der Waals surface area contributed by atoms with Gasteiger partial charge in [-0.2, -0.15) is 5.26 Å². The number of pyridine rings is 1. The average molecular weight is 467 g/mol. The van der Waals surface area contributed by atoms with Crippen LogP contribution in [0.25, 0.3) is 32.7 Å². The standard InChI is InChI=1S/C25H20ClFN2O2S/c1-30-14-31-17-10-15-6-3-4-8-18(15)19(12-17)23-16(7-5-9-28)11-21-20(24(23)27)13-22(26)29-25(21)32-2/h3-4,6,8,10-13H,5,7,14H2,1-2H3. The maximum absolute atomic E-state index is 16.2. The molecule has 0 aliphatic carbocycles. The molecule has 0 fully saturated rings. The summed E-state index contributed by atoms with van der Waals surface area (Å²) >= 11 is 7.61. The quantitative estimate of drug-likeness (QED) is 0.166. The number of rotatable bonds is 7. The van der Waals surface area contributed by atoms with Crippen molar-refractivity contribution in [2.24, 2.45) is 0 Å². The molecule has 0 radical (unpaired) electrons. The molecule has 0 N–H and O–H groups in total. The molecule has 1 aromatic heterocycles. The highest BCUT2D eigenvalue weighted by Crippen LogP contribution is 2.41. The summed E-state index contributed by atoms with van der Waals surface area (Å²) in [5.41, 5.74) is 1.88. The van der Waals surface area contributed by atoms with E-state index in [0.717, 1.165) is 16.3 Å². The molecule has 0 aliphatic heterocycles. The van der Waals surface area contributed by atoms with E-state index in [1.807, 2.05) is 48.7 Å². The lowest BCUT2D eigenvalue weighted by molar-refractivity contribution is 0.0512. The number of aryl methyl sites for hydroxylation is 1. The van der Waals surface area contributed by atoms with Crippen LogP contribution in [0.3, 0.4) is 0 Å². The van der Waals surface area contributed by atoms with E-state index in [4.69, 9.17) is 21.1 Å². The summed E-state index contributed by atoms with van der Waals surface area (Å²) in [4.78, 5) is 4.35. The number of fused-ring (bicyclic) bond motifs is 2. The van der Waals surface area contributed by atoms with Crippen LogP contribution >= 0.6 is 23.4 Å². The van der Waals surface area contributed by atoms with Crippen molar-refractivity contribution in [3.63, 3.8) is 0 Å². The van der Waals surface area contributed by atoms with Crippen molar-refractivity contribution in [3.8, 4) is 22.9 Å². The molecule has 4 rings (SSSR count). The zero-order valence-corrected chi connectivity index (χ0v) is 19.2. The first-order valence-corrected chi connectivity index (χ1v) is 11.5. The molecule has 1 heterocycles. The normalized spacial score (nSPS) is 11.1. The lowest BCUT2D eigenvalue weighted by Gasteiger charge is -2.18. The molecule has 3 aromatic carbocycles. The Kier molecular flexibility index (Phi) is 6.80. The van der Waals surface area contributed by atoms with Crippen molar-refractivity contribution in [1.29, 1.82) is 5.26 Å². The zero-order chi connectivity index (χ0) is 22.7. The average Bonchev–Trinajstić information content (AvgIpc) is 2.81. The predicted molar refractivity (Wildman–Crippen MR) is 128 cm³/mol. The zero-order valence-electron chi connectivity index (χ0n) is 17.6. The van der Waals surface area contributed by atoms with Crippen molar-refractivity contribution in [3.05, 3.63) is 65.1 Å². The first-order valence-electron chi connectivity index (χ1n) is 9.94. The predicted octanol–water partition coefficient (Wildman–Crippen LogP) is 7.01. The third-order valence-corrected chi connectivity index (χ3v) is 6.13. The van der Waals surface area contributed by atoms with Crippen LogP contribution in [0.4, 0.5) is 4.39 Å². The number of hydrogen-bond donors (Lipinski definition) is 0. The summed E-state index contributed by atoms with van der Waals surface area (Å²) in [6.45, 7) is 0.0810. The SMILES string of the molecule is COCOc1cc(-c2c(CCC#N)cc3c(SC)nc(Cl)cc3c2F)c2ccccc2c1. The second kappa shape index (κ2) is 9.74. The second-order valence-electron chi connectivity index (χ2n) is 7.17. The molecule has 162 valence electrons. The molecule has 0 spiro atoms. The molecule has 4 aromatic rings. The van der Waals surface area contributed by atoms with Gasteiger partial charge in [-0.15, -0.1) is 11.8 Å². The highest BCUT2D eigenvalue weighted by Gasteiger charge is 2.20. The molecule has 0 bridgehead atoms. The minimum atomic E-state index is -0.385. The Bertz CT molecular complexity index is 1350. The van der Waals surface area contributed by atoms with Crippen LogP contribution in [-0.2, 0) is 11.2 Å². The number of nitrogens with zero attached hydrogens (tertiary/aromatic N) is 2. The van der Waals surface area contributed by atoms with Gasteiger partial charge in [0.15, 0.2) is 6.79 Å². The van der Waals surface area contributed by atoms with Gasteiger partial charge in [0.25, 0.3) is 0 Å². The van der Waals surface area contributed by atoms with Gasteiger partial charge >= 0.3 is 0 Å². The topological polar surface area (TPSA) is 55.1 Å². The molecule has 0 saturated carbocycles. The summed E-state index contributed by atoms with van der Waals surface area (Å²) in [5, 5.41) is 13.0. The number of benzene rings is 3. The van der Waals surface area contributed by atoms with E-state index in [1.165, 1.54) is 11.8 Å². The van der Waals surface area contributed by atoms with E-state index >= 15 is 4.39 Å². The van der Waals surface area contributed by atoms with E-state index < -0.39 is 0 Å². The van der Waals surface area contributed by atoms with Crippen molar-refractivity contribution < 1.29 is 13.9 Å². The van der Waals surface area contributed by atoms with E-state index in [2.05, 4.69) is 11.1 Å². The van der Waals surface area contributed by atoms with E-state index in [-0.39, 0.29) is 24.2 Å². The fraction of sp³-hybridized carbons (Fsp3) is 0.200. The van der Waals surface area contributed by atoms with Crippen LogP contribution in [0.5, 0.6) is 5.75 Å². The first-order chi connectivity index (χ1) is 15.6. The van der Waals surface area contributed by atoms with Gasteiger partial charge < -0.3 is 9.47 Å². The van der Waals surface area contributed by atoms with E-state index in [9.17, 15) is 5.26 Å². The third-order valence-electron chi connectivity index (χ3n) is 5.24. The van der Waals surface area contributed by atoms with Crippen molar-refractivity contribution in [2.75, 3.05) is 20.2 Å². The first kappa shape index (κ1) is 22.3. The molecule has 4 nitrogen and oxygen atoms in total. The summed E-state index contributed by atoms with van der Waals surface area (Å²) in [7, 11) is 1.55. The van der Waals surface area contributed by atoms with Gasteiger partial charge in [-0.25, -0.2) is 9.37 Å². The molecule has 0 unspecified atom stereocenters. The molecule has 0 saturated heterocycles. The maximum atomic E-state index is 16.2. The fourth-order valence-corrected chi connectivity index (χ4v) is 4.70. The van der Waals surface area contributed by atoms with Crippen LogP contribution in [-0.4, -0.2) is 25.1 Å². The van der Waals surface area contributed by atoms with Crippen molar-refractivity contribution >= 4 is 44.9 Å². The number of methoxy groups -OCH3 is 1. The lowest BCUT2D eigenvalue weighted by Crippen LogP contribution is -2.01. The summed E-state index contributed by atoms with van der Waals surface area (Å²) < 4.78 is 26.9. The van der Waals surface area contributed by atoms with Crippen LogP contribution in [0, 0.1) is 17.1 Å². The molecule has 0 aliphatic rings. The monoisotopic (exact) mass is 466 g/mol. The minimum Gasteiger partial charge on any atom is -0.468 e. The number of ether oxygens (including phenoxy) is 2. The van der Waals surface area contributed by atoms with E-state index in [0.29, 0.717) is 39.1 Å². The second-order valence-corrected chi connectivity index (χ2v) is 8.36. The Labute approximate surface area is 194 Å². The summed E-state index contributed by atoms with van der Waals surface area (Å²) in [6.07, 6.45) is 2.56. The number of halogens is 2. The Balaban J connectivity index is 2.08. The van der Waals surface area contributed by atoms with Gasteiger partial charge in [0.2, 0.25) is 0 Å².